The predicted octanol–water partition coefficient (Wildman–Crippen LogP) is 3.25. The van der Waals surface area contributed by atoms with Gasteiger partial charge in [-0.2, -0.15) is 0 Å². The third-order valence-electron chi connectivity index (χ3n) is 8.32. The van der Waals surface area contributed by atoms with Crippen molar-refractivity contribution in [3.8, 4) is 0 Å². The molecule has 11 atom stereocenters. The lowest BCUT2D eigenvalue weighted by Crippen LogP contribution is -2.54. The first-order valence-electron chi connectivity index (χ1n) is 11.8. The molecular formula is C26H36O6. The highest BCUT2D eigenvalue weighted by molar-refractivity contribution is 5.88. The summed E-state index contributed by atoms with van der Waals surface area (Å²) < 4.78 is 18.2. The molecule has 0 unspecified atom stereocenters. The van der Waals surface area contributed by atoms with Gasteiger partial charge in [-0.3, -0.25) is 4.79 Å². The number of rotatable bonds is 4. The summed E-state index contributed by atoms with van der Waals surface area (Å²) in [5.41, 5.74) is 0.146. The summed E-state index contributed by atoms with van der Waals surface area (Å²) in [6, 6.07) is 0. The van der Waals surface area contributed by atoms with E-state index in [1.165, 1.54) is 7.11 Å². The SMILES string of the molecule is C=CC[C@@H]1[C@H]2O[C@]34/C(C)=C/[C@H](C)[C@@H]([C@@H](C)O)OC(=O)[C@@H](OC)C[C@@H]3C=C[C@H]2[C@@H]4C(=O)[C@H]1C. The Balaban J connectivity index is 1.87. The lowest BCUT2D eigenvalue weighted by molar-refractivity contribution is -0.171. The molecule has 2 heterocycles. The van der Waals surface area contributed by atoms with Crippen molar-refractivity contribution >= 4 is 11.8 Å². The zero-order valence-electron chi connectivity index (χ0n) is 19.7. The molecule has 2 fully saturated rings. The number of aliphatic hydroxyl groups is 1. The quantitative estimate of drug-likeness (QED) is 0.530. The molecule has 2 aliphatic heterocycles. The molecule has 6 nitrogen and oxygen atoms in total. The fraction of sp³-hybridized carbons (Fsp3) is 0.692. The van der Waals surface area contributed by atoms with Gasteiger partial charge in [0, 0.05) is 30.8 Å². The second-order valence-corrected chi connectivity index (χ2v) is 10.1. The van der Waals surface area contributed by atoms with Crippen LogP contribution in [0.25, 0.3) is 0 Å². The predicted molar refractivity (Wildman–Crippen MR) is 120 cm³/mol. The van der Waals surface area contributed by atoms with E-state index in [1.807, 2.05) is 32.9 Å². The maximum Gasteiger partial charge on any atom is 0.335 e. The van der Waals surface area contributed by atoms with Gasteiger partial charge in [0.15, 0.2) is 6.10 Å². The normalized spacial score (nSPS) is 48.3. The minimum absolute atomic E-state index is 0.0157. The van der Waals surface area contributed by atoms with Crippen LogP contribution >= 0.6 is 0 Å². The van der Waals surface area contributed by atoms with Crippen molar-refractivity contribution in [3.05, 3.63) is 36.5 Å². The van der Waals surface area contributed by atoms with Gasteiger partial charge in [0.2, 0.25) is 0 Å². The molecular weight excluding hydrogens is 408 g/mol. The van der Waals surface area contributed by atoms with Crippen LogP contribution in [0.5, 0.6) is 0 Å². The average Bonchev–Trinajstić information content (AvgIpc) is 2.94. The van der Waals surface area contributed by atoms with E-state index in [9.17, 15) is 14.7 Å². The number of carbonyl (C=O) groups excluding carboxylic acids is 2. The Morgan fingerprint density at radius 1 is 1.34 bits per heavy atom. The number of Topliss-reactive ketones (excluding diaryl/α,β-unsaturated/α-hetero) is 1. The van der Waals surface area contributed by atoms with Crippen molar-refractivity contribution in [2.75, 3.05) is 7.11 Å². The molecule has 32 heavy (non-hydrogen) atoms. The summed E-state index contributed by atoms with van der Waals surface area (Å²) in [7, 11) is 1.49. The summed E-state index contributed by atoms with van der Waals surface area (Å²) in [5, 5.41) is 10.3. The van der Waals surface area contributed by atoms with E-state index in [4.69, 9.17) is 14.2 Å². The van der Waals surface area contributed by atoms with Crippen molar-refractivity contribution < 1.29 is 28.9 Å². The number of allylic oxidation sites excluding steroid dienone is 1. The van der Waals surface area contributed by atoms with Crippen LogP contribution in [0.2, 0.25) is 0 Å². The van der Waals surface area contributed by atoms with Gasteiger partial charge in [0.1, 0.15) is 17.5 Å². The van der Waals surface area contributed by atoms with E-state index in [0.29, 0.717) is 6.42 Å². The molecule has 6 heteroatoms. The van der Waals surface area contributed by atoms with Crippen LogP contribution in [0.15, 0.2) is 36.5 Å². The second-order valence-electron chi connectivity index (χ2n) is 10.1. The van der Waals surface area contributed by atoms with Crippen molar-refractivity contribution in [2.45, 2.75) is 70.6 Å². The number of hydrogen-bond acceptors (Lipinski definition) is 6. The Hall–Kier alpha value is -1.76. The number of ether oxygens (including phenoxy) is 3. The standard InChI is InChI=1S/C26H36O6/c1-7-8-18-15(4)22(28)21-19-10-9-17-12-20(30-6)25(29)31-23(16(5)27)13(2)11-14(3)26(17,21)32-24(18)19/h7,9-11,13,15-21,23-24,27H,1,8,12H2,2-6H3/b14-11+/t13-,15-,16+,17-,18-,19-,20-,21+,23-,24+,26+/m0/s1. The van der Waals surface area contributed by atoms with E-state index in [1.54, 1.807) is 6.92 Å². The smallest absolute Gasteiger partial charge is 0.335 e. The van der Waals surface area contributed by atoms with Gasteiger partial charge in [0.05, 0.1) is 18.1 Å². The zero-order valence-corrected chi connectivity index (χ0v) is 19.7. The van der Waals surface area contributed by atoms with Gasteiger partial charge in [-0.15, -0.1) is 6.58 Å². The summed E-state index contributed by atoms with van der Waals surface area (Å²) in [4.78, 5) is 26.7. The molecule has 4 aliphatic rings. The minimum Gasteiger partial charge on any atom is -0.457 e. The Kier molecular flexibility index (Phi) is 6.25. The van der Waals surface area contributed by atoms with Crippen molar-refractivity contribution in [3.63, 3.8) is 0 Å². The van der Waals surface area contributed by atoms with E-state index in [0.717, 1.165) is 12.0 Å². The average molecular weight is 445 g/mol. The second kappa shape index (κ2) is 8.54. The van der Waals surface area contributed by atoms with Gasteiger partial charge >= 0.3 is 5.97 Å². The highest BCUT2D eigenvalue weighted by Gasteiger charge is 2.68. The van der Waals surface area contributed by atoms with Gasteiger partial charge in [-0.25, -0.2) is 4.79 Å². The Bertz CT molecular complexity index is 843. The molecule has 176 valence electrons. The van der Waals surface area contributed by atoms with Gasteiger partial charge in [-0.05, 0) is 38.2 Å². The van der Waals surface area contributed by atoms with Gasteiger partial charge in [0.25, 0.3) is 0 Å². The number of methoxy groups -OCH3 is 1. The van der Waals surface area contributed by atoms with Crippen LogP contribution in [0.3, 0.4) is 0 Å². The number of esters is 1. The van der Waals surface area contributed by atoms with Crippen LogP contribution < -0.4 is 0 Å². The summed E-state index contributed by atoms with van der Waals surface area (Å²) >= 11 is 0. The van der Waals surface area contributed by atoms with Crippen LogP contribution in [0, 0.1) is 35.5 Å². The molecule has 2 aliphatic carbocycles. The maximum atomic E-state index is 13.8. The monoisotopic (exact) mass is 444 g/mol. The molecule has 4 bridgehead atoms. The highest BCUT2D eigenvalue weighted by Crippen LogP contribution is 2.61. The summed E-state index contributed by atoms with van der Waals surface area (Å²) in [5.74, 6) is -1.02. The lowest BCUT2D eigenvalue weighted by atomic mass is 9.56. The van der Waals surface area contributed by atoms with Gasteiger partial charge < -0.3 is 19.3 Å². The first-order chi connectivity index (χ1) is 15.2. The molecule has 0 radical (unpaired) electrons. The first-order valence-corrected chi connectivity index (χ1v) is 11.8. The van der Waals surface area contributed by atoms with E-state index < -0.39 is 29.9 Å². The summed E-state index contributed by atoms with van der Waals surface area (Å²) in [6.45, 7) is 11.5. The summed E-state index contributed by atoms with van der Waals surface area (Å²) in [6.07, 6.45) is 6.80. The first kappa shape index (κ1) is 23.4. The molecule has 0 amide bonds. The molecule has 1 saturated heterocycles. The third kappa shape index (κ3) is 3.34. The fourth-order valence-electron chi connectivity index (χ4n) is 6.76. The molecule has 0 aromatic carbocycles. The van der Waals surface area contributed by atoms with Crippen LogP contribution in [0.4, 0.5) is 0 Å². The Morgan fingerprint density at radius 3 is 2.69 bits per heavy atom. The molecule has 1 spiro atoms. The molecule has 0 aromatic rings. The fourth-order valence-corrected chi connectivity index (χ4v) is 6.76. The third-order valence-corrected chi connectivity index (χ3v) is 8.32. The van der Waals surface area contributed by atoms with Crippen molar-refractivity contribution in [1.82, 2.24) is 0 Å². The van der Waals surface area contributed by atoms with Crippen LogP contribution in [-0.4, -0.2) is 54.0 Å². The van der Waals surface area contributed by atoms with E-state index >= 15 is 0 Å². The molecule has 0 aromatic heterocycles. The largest absolute Gasteiger partial charge is 0.457 e. The Morgan fingerprint density at radius 2 is 2.06 bits per heavy atom. The molecule has 4 rings (SSSR count). The van der Waals surface area contributed by atoms with Crippen molar-refractivity contribution in [2.24, 2.45) is 35.5 Å². The molecule has 1 N–H and O–H groups in total. The number of hydrogen-bond donors (Lipinski definition) is 1. The molecule has 1 saturated carbocycles. The maximum absolute atomic E-state index is 13.8. The Labute approximate surface area is 190 Å². The van der Waals surface area contributed by atoms with Crippen LogP contribution in [-0.2, 0) is 23.8 Å². The van der Waals surface area contributed by atoms with Gasteiger partial charge in [-0.1, -0.05) is 38.2 Å². The number of cyclic esters (lactones) is 1. The number of aliphatic hydroxyl groups excluding tert-OH is 1. The topological polar surface area (TPSA) is 82.1 Å². The number of carbonyl (C=O) groups is 2. The number of ketones is 1. The minimum atomic E-state index is -0.843. The zero-order chi connectivity index (χ0) is 23.4. The van der Waals surface area contributed by atoms with Crippen LogP contribution in [0.1, 0.15) is 40.5 Å². The lowest BCUT2D eigenvalue weighted by Gasteiger charge is -2.46. The highest BCUT2D eigenvalue weighted by atomic mass is 16.6. The van der Waals surface area contributed by atoms with E-state index in [-0.39, 0.29) is 47.4 Å². The van der Waals surface area contributed by atoms with Crippen molar-refractivity contribution in [1.29, 1.82) is 0 Å². The van der Waals surface area contributed by atoms with E-state index in [2.05, 4.69) is 18.7 Å².